The van der Waals surface area contributed by atoms with E-state index in [0.29, 0.717) is 0 Å². The molecule has 1 amide bonds. The molecule has 0 unspecified atom stereocenters. The molecule has 0 radical (unpaired) electrons. The second-order valence-corrected chi connectivity index (χ2v) is 6.57. The lowest BCUT2D eigenvalue weighted by atomic mass is 10.1. The van der Waals surface area contributed by atoms with E-state index in [0.717, 1.165) is 12.1 Å². The first kappa shape index (κ1) is 18.4. The minimum Gasteiger partial charge on any atom is -0.351 e. The quantitative estimate of drug-likeness (QED) is 0.495. The van der Waals surface area contributed by atoms with Crippen molar-refractivity contribution < 1.29 is 18.1 Å². The fourth-order valence-electron chi connectivity index (χ4n) is 2.09. The summed E-state index contributed by atoms with van der Waals surface area (Å²) < 4.78 is 27.3. The fourth-order valence-corrected chi connectivity index (χ4v) is 3.34. The van der Waals surface area contributed by atoms with Gasteiger partial charge in [-0.1, -0.05) is 24.3 Å². The van der Waals surface area contributed by atoms with Gasteiger partial charge in [-0.3, -0.25) is 19.6 Å². The standard InChI is InChI=1S/C15H16N4O5S/c16-9-10-17-15(20)11-5-1-2-6-12(11)18-25(23,24)14-8-4-3-7-13(14)19(21)22/h1-8,18H,9-10,16H2,(H,17,20). The van der Waals surface area contributed by atoms with Crippen LogP contribution in [0.5, 0.6) is 0 Å². The Hall–Kier alpha value is -2.98. The zero-order chi connectivity index (χ0) is 18.4. The first-order chi connectivity index (χ1) is 11.9. The van der Waals surface area contributed by atoms with Crippen LogP contribution in [0.25, 0.3) is 0 Å². The van der Waals surface area contributed by atoms with Crippen LogP contribution in [0.2, 0.25) is 0 Å². The largest absolute Gasteiger partial charge is 0.351 e. The number of benzene rings is 2. The Bertz CT molecular complexity index is 898. The number of carbonyl (C=O) groups is 1. The highest BCUT2D eigenvalue weighted by Crippen LogP contribution is 2.26. The molecule has 0 aliphatic carbocycles. The first-order valence-electron chi connectivity index (χ1n) is 7.20. The van der Waals surface area contributed by atoms with Crippen molar-refractivity contribution in [3.05, 3.63) is 64.2 Å². The summed E-state index contributed by atoms with van der Waals surface area (Å²) in [6, 6.07) is 10.9. The average Bonchev–Trinajstić information content (AvgIpc) is 2.59. The van der Waals surface area contributed by atoms with Gasteiger partial charge in [0.1, 0.15) is 0 Å². The van der Waals surface area contributed by atoms with Gasteiger partial charge in [-0.05, 0) is 18.2 Å². The number of anilines is 1. The fraction of sp³-hybridized carbons (Fsp3) is 0.133. The van der Waals surface area contributed by atoms with Gasteiger partial charge in [0.2, 0.25) is 0 Å². The third-order valence-corrected chi connectivity index (χ3v) is 4.61. The highest BCUT2D eigenvalue weighted by molar-refractivity contribution is 7.92. The van der Waals surface area contributed by atoms with E-state index in [9.17, 15) is 23.3 Å². The van der Waals surface area contributed by atoms with Crippen LogP contribution in [-0.2, 0) is 10.0 Å². The number of nitrogens with zero attached hydrogens (tertiary/aromatic N) is 1. The SMILES string of the molecule is NCCNC(=O)c1ccccc1NS(=O)(=O)c1ccccc1[N+](=O)[O-]. The molecule has 0 aliphatic heterocycles. The zero-order valence-corrected chi connectivity index (χ0v) is 13.8. The van der Waals surface area contributed by atoms with Gasteiger partial charge in [0.25, 0.3) is 21.6 Å². The summed E-state index contributed by atoms with van der Waals surface area (Å²) in [5, 5.41) is 13.6. The minimum absolute atomic E-state index is 0.00942. The van der Waals surface area contributed by atoms with Gasteiger partial charge in [0.15, 0.2) is 4.90 Å². The van der Waals surface area contributed by atoms with Gasteiger partial charge >= 0.3 is 0 Å². The predicted molar refractivity (Wildman–Crippen MR) is 91.7 cm³/mol. The van der Waals surface area contributed by atoms with Crippen molar-refractivity contribution in [2.45, 2.75) is 4.90 Å². The molecule has 0 saturated heterocycles. The number of hydrogen-bond acceptors (Lipinski definition) is 6. The molecule has 132 valence electrons. The summed E-state index contributed by atoms with van der Waals surface area (Å²) in [7, 11) is -4.26. The van der Waals surface area contributed by atoms with Crippen molar-refractivity contribution in [1.82, 2.24) is 5.32 Å². The number of sulfonamides is 1. The third kappa shape index (κ3) is 4.31. The third-order valence-electron chi connectivity index (χ3n) is 3.20. The number of amides is 1. The van der Waals surface area contributed by atoms with E-state index in [1.807, 2.05) is 0 Å². The van der Waals surface area contributed by atoms with Gasteiger partial charge in [-0.25, -0.2) is 8.42 Å². The lowest BCUT2D eigenvalue weighted by Gasteiger charge is -2.12. The predicted octanol–water partition coefficient (Wildman–Crippen LogP) is 1.08. The highest BCUT2D eigenvalue weighted by atomic mass is 32.2. The lowest BCUT2D eigenvalue weighted by molar-refractivity contribution is -0.387. The summed E-state index contributed by atoms with van der Waals surface area (Å²) in [5.41, 5.74) is 4.86. The molecule has 9 nitrogen and oxygen atoms in total. The van der Waals surface area contributed by atoms with Crippen molar-refractivity contribution in [2.24, 2.45) is 5.73 Å². The maximum atomic E-state index is 12.5. The van der Waals surface area contributed by atoms with Crippen LogP contribution >= 0.6 is 0 Å². The Morgan fingerprint density at radius 3 is 2.44 bits per heavy atom. The number of hydrogen-bond donors (Lipinski definition) is 3. The summed E-state index contributed by atoms with van der Waals surface area (Å²) in [6.45, 7) is 0.458. The Morgan fingerprint density at radius 2 is 1.76 bits per heavy atom. The molecular weight excluding hydrogens is 348 g/mol. The van der Waals surface area contributed by atoms with Crippen LogP contribution in [0.15, 0.2) is 53.4 Å². The monoisotopic (exact) mass is 364 g/mol. The number of para-hydroxylation sites is 2. The molecule has 0 saturated carbocycles. The molecule has 0 bridgehead atoms. The van der Waals surface area contributed by atoms with Gasteiger partial charge in [-0.2, -0.15) is 0 Å². The Labute approximate surface area is 144 Å². The normalized spacial score (nSPS) is 10.9. The van der Waals surface area contributed by atoms with E-state index in [4.69, 9.17) is 5.73 Å². The maximum absolute atomic E-state index is 12.5. The van der Waals surface area contributed by atoms with Crippen LogP contribution in [0.4, 0.5) is 11.4 Å². The summed E-state index contributed by atoms with van der Waals surface area (Å²) in [6.07, 6.45) is 0. The van der Waals surface area contributed by atoms with E-state index in [1.165, 1.54) is 30.3 Å². The van der Waals surface area contributed by atoms with Gasteiger partial charge in [0.05, 0.1) is 16.2 Å². The molecule has 10 heteroatoms. The molecule has 4 N–H and O–H groups in total. The Balaban J connectivity index is 2.40. The van der Waals surface area contributed by atoms with Crippen LogP contribution in [-0.4, -0.2) is 32.3 Å². The Kier molecular flexibility index (Phi) is 5.67. The topological polar surface area (TPSA) is 144 Å². The highest BCUT2D eigenvalue weighted by Gasteiger charge is 2.26. The number of nitrogens with two attached hydrogens (primary N) is 1. The van der Waals surface area contributed by atoms with Crippen LogP contribution in [0.1, 0.15) is 10.4 Å². The lowest BCUT2D eigenvalue weighted by Crippen LogP contribution is -2.30. The smallest absolute Gasteiger partial charge is 0.289 e. The molecule has 2 aromatic carbocycles. The number of nitro groups is 1. The van der Waals surface area contributed by atoms with Crippen molar-refractivity contribution in [3.63, 3.8) is 0 Å². The summed E-state index contributed by atoms with van der Waals surface area (Å²) in [4.78, 5) is 21.9. The maximum Gasteiger partial charge on any atom is 0.289 e. The van der Waals surface area contributed by atoms with E-state index < -0.39 is 31.4 Å². The van der Waals surface area contributed by atoms with Crippen LogP contribution in [0, 0.1) is 10.1 Å². The van der Waals surface area contributed by atoms with Gasteiger partial charge < -0.3 is 11.1 Å². The molecule has 2 rings (SSSR count). The molecule has 25 heavy (non-hydrogen) atoms. The summed E-state index contributed by atoms with van der Waals surface area (Å²) >= 11 is 0. The minimum atomic E-state index is -4.26. The van der Waals surface area contributed by atoms with Crippen molar-refractivity contribution in [3.8, 4) is 0 Å². The summed E-state index contributed by atoms with van der Waals surface area (Å²) in [5.74, 6) is -0.508. The molecule has 0 fully saturated rings. The molecule has 0 atom stereocenters. The molecular formula is C15H16N4O5S. The van der Waals surface area contributed by atoms with E-state index in [1.54, 1.807) is 6.07 Å². The van der Waals surface area contributed by atoms with E-state index >= 15 is 0 Å². The number of carbonyl (C=O) groups excluding carboxylic acids is 1. The Morgan fingerprint density at radius 1 is 1.12 bits per heavy atom. The number of nitrogens with one attached hydrogen (secondary N) is 2. The second-order valence-electron chi connectivity index (χ2n) is 4.92. The van der Waals surface area contributed by atoms with Crippen molar-refractivity contribution in [2.75, 3.05) is 17.8 Å². The van der Waals surface area contributed by atoms with E-state index in [-0.39, 0.29) is 24.3 Å². The number of rotatable bonds is 7. The van der Waals surface area contributed by atoms with Crippen molar-refractivity contribution >= 4 is 27.3 Å². The average molecular weight is 364 g/mol. The zero-order valence-electron chi connectivity index (χ0n) is 13.0. The van der Waals surface area contributed by atoms with E-state index in [2.05, 4.69) is 10.0 Å². The molecule has 0 aliphatic rings. The molecule has 2 aromatic rings. The van der Waals surface area contributed by atoms with Crippen LogP contribution in [0.3, 0.4) is 0 Å². The first-order valence-corrected chi connectivity index (χ1v) is 8.68. The molecule has 0 aromatic heterocycles. The van der Waals surface area contributed by atoms with Gasteiger partial charge in [-0.15, -0.1) is 0 Å². The molecule has 0 heterocycles. The second kappa shape index (κ2) is 7.73. The van der Waals surface area contributed by atoms with Crippen LogP contribution < -0.4 is 15.8 Å². The van der Waals surface area contributed by atoms with Gasteiger partial charge in [0, 0.05) is 19.2 Å². The number of nitro benzene ring substituents is 1. The molecule has 0 spiro atoms. The van der Waals surface area contributed by atoms with Crippen molar-refractivity contribution in [1.29, 1.82) is 0 Å².